The van der Waals surface area contributed by atoms with Gasteiger partial charge in [0.25, 0.3) is 0 Å². The van der Waals surface area contributed by atoms with Crippen LogP contribution in [0, 0.1) is 0 Å². The lowest BCUT2D eigenvalue weighted by molar-refractivity contribution is -0.120. The molecule has 1 aliphatic rings. The number of benzene rings is 2. The van der Waals surface area contributed by atoms with Gasteiger partial charge in [-0.1, -0.05) is 24.6 Å². The minimum absolute atomic E-state index is 0.149. The van der Waals surface area contributed by atoms with Gasteiger partial charge in [0.15, 0.2) is 0 Å². The fourth-order valence-corrected chi connectivity index (χ4v) is 5.37. The summed E-state index contributed by atoms with van der Waals surface area (Å²) in [6.45, 7) is 3.37. The van der Waals surface area contributed by atoms with E-state index >= 15 is 0 Å². The van der Waals surface area contributed by atoms with Gasteiger partial charge in [-0.05, 0) is 78.2 Å². The van der Waals surface area contributed by atoms with Gasteiger partial charge in [0.2, 0.25) is 5.91 Å². The fourth-order valence-electron chi connectivity index (χ4n) is 5.19. The molecule has 234 valence electrons. The normalized spacial score (nSPS) is 15.5. The molecule has 1 aliphatic heterocycles. The number of fused-ring (bicyclic) bond motifs is 4. The molecular formula is C31H34ClN9O4. The van der Waals surface area contributed by atoms with Gasteiger partial charge in [0.05, 0.1) is 37.3 Å². The highest BCUT2D eigenvalue weighted by molar-refractivity contribution is 6.30. The quantitative estimate of drug-likeness (QED) is 0.234. The molecule has 0 aliphatic carbocycles. The van der Waals surface area contributed by atoms with Crippen molar-refractivity contribution in [3.63, 3.8) is 0 Å². The van der Waals surface area contributed by atoms with Crippen molar-refractivity contribution in [2.75, 3.05) is 25.5 Å². The van der Waals surface area contributed by atoms with E-state index in [-0.39, 0.29) is 17.7 Å². The average molecular weight is 632 g/mol. The van der Waals surface area contributed by atoms with Crippen molar-refractivity contribution in [2.45, 2.75) is 45.2 Å². The molecule has 0 spiro atoms. The number of amides is 2. The first kappa shape index (κ1) is 31.5. The first-order valence-electron chi connectivity index (χ1n) is 14.6. The maximum absolute atomic E-state index is 13.2. The number of nitrogens with one attached hydrogen (secondary N) is 3. The highest BCUT2D eigenvalue weighted by atomic mass is 35.5. The van der Waals surface area contributed by atoms with E-state index in [1.54, 1.807) is 36.5 Å². The second-order valence-corrected chi connectivity index (χ2v) is 11.1. The number of aromatic nitrogens is 6. The third-order valence-corrected chi connectivity index (χ3v) is 7.71. The zero-order valence-corrected chi connectivity index (χ0v) is 25.8. The van der Waals surface area contributed by atoms with Gasteiger partial charge in [0.1, 0.15) is 17.9 Å². The zero-order valence-electron chi connectivity index (χ0n) is 25.0. The van der Waals surface area contributed by atoms with Gasteiger partial charge in [-0.3, -0.25) is 19.8 Å². The molecule has 5 rings (SSSR count). The Hall–Kier alpha value is -4.88. The van der Waals surface area contributed by atoms with E-state index in [1.807, 2.05) is 19.1 Å². The second kappa shape index (κ2) is 14.7. The maximum atomic E-state index is 13.2. The van der Waals surface area contributed by atoms with Crippen LogP contribution in [0.2, 0.25) is 5.02 Å². The van der Waals surface area contributed by atoms with Gasteiger partial charge in [-0.2, -0.15) is 4.68 Å². The summed E-state index contributed by atoms with van der Waals surface area (Å²) in [5, 5.41) is 17.6. The molecule has 2 aromatic carbocycles. The molecule has 0 fully saturated rings. The van der Waals surface area contributed by atoms with Crippen molar-refractivity contribution in [3.8, 4) is 16.9 Å². The number of imidazole rings is 1. The van der Waals surface area contributed by atoms with Crippen LogP contribution in [0.3, 0.4) is 0 Å². The van der Waals surface area contributed by atoms with Crippen molar-refractivity contribution < 1.29 is 19.1 Å². The number of aromatic amines is 1. The lowest BCUT2D eigenvalue weighted by atomic mass is 10.0. The lowest BCUT2D eigenvalue weighted by Crippen LogP contribution is -2.31. The largest absolute Gasteiger partial charge is 0.453 e. The molecule has 3 N–H and O–H groups in total. The van der Waals surface area contributed by atoms with Crippen molar-refractivity contribution in [2.24, 2.45) is 0 Å². The first-order valence-corrected chi connectivity index (χ1v) is 15.0. The molecule has 0 unspecified atom stereocenters. The number of ether oxygens (including phenoxy) is 1. The Kier molecular flexibility index (Phi) is 10.3. The summed E-state index contributed by atoms with van der Waals surface area (Å²) in [4.78, 5) is 47.7. The van der Waals surface area contributed by atoms with Crippen LogP contribution in [0.1, 0.15) is 55.6 Å². The summed E-state index contributed by atoms with van der Waals surface area (Å²) in [6.07, 6.45) is 8.43. The molecule has 4 aromatic rings. The Balaban J connectivity index is 1.41. The molecule has 0 saturated heterocycles. The minimum Gasteiger partial charge on any atom is -0.453 e. The Morgan fingerprint density at radius 2 is 2.04 bits per heavy atom. The van der Waals surface area contributed by atoms with Crippen LogP contribution in [0.4, 0.5) is 10.5 Å². The predicted molar refractivity (Wildman–Crippen MR) is 169 cm³/mol. The lowest BCUT2D eigenvalue weighted by Gasteiger charge is -2.24. The molecule has 2 amide bonds. The number of H-pyrrole nitrogens is 1. The summed E-state index contributed by atoms with van der Waals surface area (Å²) >= 11 is 6.23. The van der Waals surface area contributed by atoms with E-state index in [0.717, 1.165) is 29.7 Å². The Morgan fingerprint density at radius 3 is 2.82 bits per heavy atom. The number of nitrogens with zero attached hydrogens (tertiary/aromatic N) is 6. The third-order valence-electron chi connectivity index (χ3n) is 7.47. The van der Waals surface area contributed by atoms with Crippen molar-refractivity contribution in [1.82, 2.24) is 40.4 Å². The summed E-state index contributed by atoms with van der Waals surface area (Å²) in [7, 11) is 1.31. The summed E-state index contributed by atoms with van der Waals surface area (Å²) in [6, 6.07) is 10.4. The van der Waals surface area contributed by atoms with E-state index in [0.29, 0.717) is 60.3 Å². The van der Waals surface area contributed by atoms with E-state index < -0.39 is 6.09 Å². The second-order valence-electron chi connectivity index (χ2n) is 10.6. The topological polar surface area (TPSA) is 160 Å². The minimum atomic E-state index is -0.570. The molecule has 2 bridgehead atoms. The number of anilines is 1. The molecule has 45 heavy (non-hydrogen) atoms. The average Bonchev–Trinajstić information content (AvgIpc) is 3.74. The molecule has 0 saturated carbocycles. The van der Waals surface area contributed by atoms with Crippen molar-refractivity contribution >= 4 is 41.1 Å². The summed E-state index contributed by atoms with van der Waals surface area (Å²) in [5.41, 5.74) is 4.46. The van der Waals surface area contributed by atoms with E-state index in [9.17, 15) is 14.4 Å². The van der Waals surface area contributed by atoms with Crippen LogP contribution < -0.4 is 10.6 Å². The van der Waals surface area contributed by atoms with E-state index in [4.69, 9.17) is 16.3 Å². The Morgan fingerprint density at radius 1 is 1.18 bits per heavy atom. The molecule has 3 heterocycles. The third kappa shape index (κ3) is 8.19. The number of carbonyl (C=O) groups excluding carboxylic acids is 3. The number of ketones is 1. The van der Waals surface area contributed by atoms with E-state index in [1.165, 1.54) is 24.2 Å². The van der Waals surface area contributed by atoms with Gasteiger partial charge in [-0.25, -0.2) is 9.78 Å². The van der Waals surface area contributed by atoms with Gasteiger partial charge in [0, 0.05) is 40.9 Å². The van der Waals surface area contributed by atoms with Crippen LogP contribution in [0.5, 0.6) is 0 Å². The number of methoxy groups -OCH3 is 1. The molecule has 13 nitrogen and oxygen atoms in total. The molecule has 14 heteroatoms. The molecule has 1 atom stereocenters. The predicted octanol–water partition coefficient (Wildman–Crippen LogP) is 4.72. The molecule has 2 aromatic heterocycles. The number of Topliss-reactive ketones (excluding diaryl/α,β-unsaturated/α-hetero) is 1. The van der Waals surface area contributed by atoms with Crippen LogP contribution in [0.15, 0.2) is 55.0 Å². The Bertz CT molecular complexity index is 1690. The van der Waals surface area contributed by atoms with Gasteiger partial charge in [-0.15, -0.1) is 5.10 Å². The van der Waals surface area contributed by atoms with Crippen LogP contribution in [-0.4, -0.2) is 73.1 Å². The highest BCUT2D eigenvalue weighted by Crippen LogP contribution is 2.30. The van der Waals surface area contributed by atoms with Crippen LogP contribution in [0.25, 0.3) is 23.0 Å². The number of tetrazole rings is 1. The van der Waals surface area contributed by atoms with Crippen molar-refractivity contribution in [1.29, 1.82) is 0 Å². The number of carbonyl (C=O) groups is 3. The van der Waals surface area contributed by atoms with Gasteiger partial charge < -0.3 is 15.0 Å². The zero-order chi connectivity index (χ0) is 31.8. The monoisotopic (exact) mass is 631 g/mol. The number of halogens is 1. The fraction of sp³-hybridized carbons (Fsp3) is 0.323. The first-order chi connectivity index (χ1) is 21.8. The van der Waals surface area contributed by atoms with E-state index in [2.05, 4.69) is 41.0 Å². The standard InChI is InChI=1S/C31H34ClN9O4/c1-3-24(42)18-40-13-5-4-6-26(36-29(43)12-7-20-14-22(32)8-11-28(20)41-19-34-38-39-41)30-33-16-27(37-30)25-10-9-23(15-21(25)17-40)35-31(44)45-2/h7-12,14-16,19,26H,3-6,13,17-18H2,1-2H3,(H,33,37)(H,35,44)(H,36,43)/b12-7+/t26-/m0/s1. The Labute approximate surface area is 265 Å². The number of hydrogen-bond acceptors (Lipinski definition) is 9. The number of hydrogen-bond donors (Lipinski definition) is 3. The molecule has 0 radical (unpaired) electrons. The van der Waals surface area contributed by atoms with Crippen LogP contribution in [-0.2, 0) is 20.9 Å². The number of rotatable bonds is 8. The SMILES string of the molecule is CCC(=O)CN1CCCC[C@H](NC(=O)/C=C/c2cc(Cl)ccc2-n2cnnn2)c2ncc([nH]2)-c2ccc(NC(=O)OC)cc2C1. The summed E-state index contributed by atoms with van der Waals surface area (Å²) in [5.74, 6) is 0.475. The van der Waals surface area contributed by atoms with Crippen LogP contribution >= 0.6 is 11.6 Å². The smallest absolute Gasteiger partial charge is 0.411 e. The maximum Gasteiger partial charge on any atom is 0.411 e. The summed E-state index contributed by atoms with van der Waals surface area (Å²) < 4.78 is 6.25. The highest BCUT2D eigenvalue weighted by Gasteiger charge is 2.21. The van der Waals surface area contributed by atoms with Crippen molar-refractivity contribution in [3.05, 3.63) is 77.0 Å². The van der Waals surface area contributed by atoms with Gasteiger partial charge >= 0.3 is 6.09 Å². The molecular weight excluding hydrogens is 598 g/mol.